The van der Waals surface area contributed by atoms with Crippen LogP contribution in [0.3, 0.4) is 0 Å². The van der Waals surface area contributed by atoms with Gasteiger partial charge in [0, 0.05) is 17.5 Å². The topological polar surface area (TPSA) is 0 Å². The van der Waals surface area contributed by atoms with Crippen molar-refractivity contribution >= 4 is 0 Å². The van der Waals surface area contributed by atoms with E-state index >= 15 is 0 Å². The molecule has 0 saturated carbocycles. The summed E-state index contributed by atoms with van der Waals surface area (Å²) in [6.07, 6.45) is 0.376. The van der Waals surface area contributed by atoms with E-state index < -0.39 is 46.0 Å². The molecular formula is C13H5F6. The van der Waals surface area contributed by atoms with E-state index in [2.05, 4.69) is 0 Å². The monoisotopic (exact) mass is 275 g/mol. The van der Waals surface area contributed by atoms with Crippen LogP contribution in [0.25, 0.3) is 0 Å². The maximum absolute atomic E-state index is 13.3. The molecule has 0 bridgehead atoms. The lowest BCUT2D eigenvalue weighted by molar-refractivity contribution is 0.479. The van der Waals surface area contributed by atoms with Crippen LogP contribution in [0.2, 0.25) is 0 Å². The highest BCUT2D eigenvalue weighted by Gasteiger charge is 2.20. The van der Waals surface area contributed by atoms with Crippen LogP contribution >= 0.6 is 0 Å². The highest BCUT2D eigenvalue weighted by atomic mass is 19.2. The summed E-state index contributed by atoms with van der Waals surface area (Å²) in [5, 5.41) is 0. The third kappa shape index (κ3) is 2.43. The molecule has 0 aromatic heterocycles. The summed E-state index contributed by atoms with van der Waals surface area (Å²) < 4.78 is 79.1. The first-order valence-electron chi connectivity index (χ1n) is 5.03. The molecule has 0 spiro atoms. The average molecular weight is 275 g/mol. The van der Waals surface area contributed by atoms with Gasteiger partial charge in [0.15, 0.2) is 23.3 Å². The van der Waals surface area contributed by atoms with Gasteiger partial charge in [-0.25, -0.2) is 26.3 Å². The Morgan fingerprint density at radius 3 is 1.21 bits per heavy atom. The third-order valence-electron chi connectivity index (χ3n) is 2.45. The van der Waals surface area contributed by atoms with Crippen molar-refractivity contribution in [3.05, 3.63) is 76.7 Å². The smallest absolute Gasteiger partial charge is 0.165 e. The largest absolute Gasteiger partial charge is 0.207 e. The zero-order valence-corrected chi connectivity index (χ0v) is 9.15. The lowest BCUT2D eigenvalue weighted by Gasteiger charge is -2.08. The molecule has 2 rings (SSSR count). The summed E-state index contributed by atoms with van der Waals surface area (Å²) in [4.78, 5) is 0. The van der Waals surface area contributed by atoms with Crippen LogP contribution in [-0.2, 0) is 0 Å². The number of rotatable bonds is 2. The first-order valence-corrected chi connectivity index (χ1v) is 5.03. The molecule has 0 fully saturated rings. The molecular weight excluding hydrogens is 270 g/mol. The second kappa shape index (κ2) is 4.95. The van der Waals surface area contributed by atoms with E-state index in [0.717, 1.165) is 0 Å². The highest BCUT2D eigenvalue weighted by molar-refractivity contribution is 5.40. The number of hydrogen-bond donors (Lipinski definition) is 0. The summed E-state index contributed by atoms with van der Waals surface area (Å²) >= 11 is 0. The summed E-state index contributed by atoms with van der Waals surface area (Å²) in [6, 6.07) is 2.25. The van der Waals surface area contributed by atoms with Gasteiger partial charge in [-0.1, -0.05) is 0 Å². The Bertz CT molecular complexity index is 580. The Hall–Kier alpha value is -1.98. The second-order valence-electron chi connectivity index (χ2n) is 3.66. The molecule has 0 unspecified atom stereocenters. The number of halogens is 6. The zero-order chi connectivity index (χ0) is 14.2. The van der Waals surface area contributed by atoms with Gasteiger partial charge < -0.3 is 0 Å². The molecule has 2 aromatic rings. The predicted molar refractivity (Wildman–Crippen MR) is 55.1 cm³/mol. The van der Waals surface area contributed by atoms with Crippen molar-refractivity contribution in [2.75, 3.05) is 0 Å². The minimum atomic E-state index is -1.61. The van der Waals surface area contributed by atoms with Crippen LogP contribution < -0.4 is 0 Å². The Kier molecular flexibility index (Phi) is 3.50. The van der Waals surface area contributed by atoms with Crippen molar-refractivity contribution in [1.82, 2.24) is 0 Å². The van der Waals surface area contributed by atoms with Crippen LogP contribution in [-0.4, -0.2) is 0 Å². The van der Waals surface area contributed by atoms with Gasteiger partial charge in [0.05, 0.1) is 0 Å². The molecule has 0 nitrogen and oxygen atoms in total. The summed E-state index contributed by atoms with van der Waals surface area (Å²) in [5.41, 5.74) is -1.97. The zero-order valence-electron chi connectivity index (χ0n) is 9.15. The molecule has 99 valence electrons. The van der Waals surface area contributed by atoms with Gasteiger partial charge in [-0.15, -0.1) is 0 Å². The Morgan fingerprint density at radius 1 is 0.526 bits per heavy atom. The van der Waals surface area contributed by atoms with Crippen LogP contribution in [0.5, 0.6) is 0 Å². The quantitative estimate of drug-likeness (QED) is 0.571. The molecule has 0 saturated heterocycles. The maximum Gasteiger partial charge on any atom is 0.165 e. The number of benzene rings is 2. The second-order valence-corrected chi connectivity index (χ2v) is 3.66. The Labute approximate surface area is 104 Å². The minimum absolute atomic E-state index is 0.376. The van der Waals surface area contributed by atoms with E-state index in [-0.39, 0.29) is 0 Å². The molecule has 0 amide bonds. The fraction of sp³-hybridized carbons (Fsp3) is 0. The van der Waals surface area contributed by atoms with Crippen LogP contribution in [0.1, 0.15) is 11.1 Å². The fourth-order valence-corrected chi connectivity index (χ4v) is 1.49. The Balaban J connectivity index is 2.54. The van der Waals surface area contributed by atoms with E-state index in [4.69, 9.17) is 0 Å². The van der Waals surface area contributed by atoms with Gasteiger partial charge in [0.1, 0.15) is 11.6 Å². The van der Waals surface area contributed by atoms with Crippen molar-refractivity contribution in [3.63, 3.8) is 0 Å². The highest BCUT2D eigenvalue weighted by Crippen LogP contribution is 2.25. The van der Waals surface area contributed by atoms with Gasteiger partial charge in [0.2, 0.25) is 0 Å². The van der Waals surface area contributed by atoms with Gasteiger partial charge in [-0.3, -0.25) is 0 Å². The molecule has 0 aliphatic heterocycles. The van der Waals surface area contributed by atoms with E-state index in [1.165, 1.54) is 0 Å². The standard InChI is InChI=1S/C13H5F6/c14-8-1-3-10(16)12(18)6(8)5-7-9(15)2-4-11(17)13(7)19/h1-5H. The van der Waals surface area contributed by atoms with E-state index in [0.29, 0.717) is 30.7 Å². The van der Waals surface area contributed by atoms with E-state index in [1.807, 2.05) is 0 Å². The van der Waals surface area contributed by atoms with Crippen molar-refractivity contribution in [3.8, 4) is 0 Å². The van der Waals surface area contributed by atoms with Crippen molar-refractivity contribution < 1.29 is 26.3 Å². The lowest BCUT2D eigenvalue weighted by Crippen LogP contribution is -2.03. The summed E-state index contributed by atoms with van der Waals surface area (Å²) in [7, 11) is 0. The maximum atomic E-state index is 13.3. The molecule has 1 radical (unpaired) electrons. The van der Waals surface area contributed by atoms with Crippen LogP contribution in [0, 0.1) is 41.3 Å². The van der Waals surface area contributed by atoms with Crippen LogP contribution in [0.4, 0.5) is 26.3 Å². The SMILES string of the molecule is Fc1ccc(F)c([CH]c2c(F)ccc(F)c2F)c1F. The van der Waals surface area contributed by atoms with Crippen LogP contribution in [0.15, 0.2) is 24.3 Å². The van der Waals surface area contributed by atoms with Gasteiger partial charge >= 0.3 is 0 Å². The Morgan fingerprint density at radius 2 is 0.842 bits per heavy atom. The van der Waals surface area contributed by atoms with E-state index in [9.17, 15) is 26.3 Å². The van der Waals surface area contributed by atoms with Crippen molar-refractivity contribution in [2.24, 2.45) is 0 Å². The molecule has 0 heterocycles. The van der Waals surface area contributed by atoms with E-state index in [1.54, 1.807) is 0 Å². The fourth-order valence-electron chi connectivity index (χ4n) is 1.49. The average Bonchev–Trinajstić information content (AvgIpc) is 2.38. The van der Waals surface area contributed by atoms with Gasteiger partial charge in [0.25, 0.3) is 0 Å². The molecule has 19 heavy (non-hydrogen) atoms. The normalized spacial score (nSPS) is 10.8. The molecule has 0 N–H and O–H groups in total. The van der Waals surface area contributed by atoms with Gasteiger partial charge in [-0.2, -0.15) is 0 Å². The third-order valence-corrected chi connectivity index (χ3v) is 2.45. The molecule has 6 heteroatoms. The molecule has 2 aromatic carbocycles. The van der Waals surface area contributed by atoms with Crippen molar-refractivity contribution in [1.29, 1.82) is 0 Å². The molecule has 0 aliphatic rings. The van der Waals surface area contributed by atoms with Crippen molar-refractivity contribution in [2.45, 2.75) is 0 Å². The number of hydrogen-bond acceptors (Lipinski definition) is 0. The van der Waals surface area contributed by atoms with Gasteiger partial charge in [-0.05, 0) is 24.3 Å². The first-order chi connectivity index (χ1) is 8.91. The summed E-state index contributed by atoms with van der Waals surface area (Å²) in [5.74, 6) is -8.43. The minimum Gasteiger partial charge on any atom is -0.207 e. The predicted octanol–water partition coefficient (Wildman–Crippen LogP) is 4.12. The lowest BCUT2D eigenvalue weighted by atomic mass is 10.0. The molecule has 0 atom stereocenters. The molecule has 0 aliphatic carbocycles. The first kappa shape index (κ1) is 13.5. The summed E-state index contributed by atoms with van der Waals surface area (Å²) in [6.45, 7) is 0.